The molecule has 2 amide bonds. The van der Waals surface area contributed by atoms with Gasteiger partial charge in [-0.05, 0) is 60.0 Å². The SMILES string of the molecule is CCCNC(=O)[C@@H](Cc1ccccc1)N(Cc1ccc(Br)cc1)C(=O)CN(c1cccc(Br)c1)S(=O)(=O)c1ccccc1. The van der Waals surface area contributed by atoms with Crippen molar-refractivity contribution >= 4 is 59.4 Å². The van der Waals surface area contributed by atoms with Gasteiger partial charge in [0.15, 0.2) is 0 Å². The molecule has 43 heavy (non-hydrogen) atoms. The molecule has 4 aromatic rings. The highest BCUT2D eigenvalue weighted by Crippen LogP contribution is 2.27. The van der Waals surface area contributed by atoms with Crippen LogP contribution in [0.3, 0.4) is 0 Å². The second-order valence-corrected chi connectivity index (χ2v) is 13.6. The summed E-state index contributed by atoms with van der Waals surface area (Å²) in [4.78, 5) is 29.6. The van der Waals surface area contributed by atoms with Gasteiger partial charge in [-0.3, -0.25) is 13.9 Å². The lowest BCUT2D eigenvalue weighted by molar-refractivity contribution is -0.140. The Labute approximate surface area is 270 Å². The maximum Gasteiger partial charge on any atom is 0.264 e. The fourth-order valence-electron chi connectivity index (χ4n) is 4.59. The molecule has 10 heteroatoms. The quantitative estimate of drug-likeness (QED) is 0.169. The van der Waals surface area contributed by atoms with E-state index in [-0.39, 0.29) is 23.8 Å². The summed E-state index contributed by atoms with van der Waals surface area (Å²) in [6, 6.07) is 30.9. The number of halogens is 2. The highest BCUT2D eigenvalue weighted by atomic mass is 79.9. The normalized spacial score (nSPS) is 11.9. The topological polar surface area (TPSA) is 86.8 Å². The van der Waals surface area contributed by atoms with Crippen LogP contribution in [0, 0.1) is 0 Å². The Bertz CT molecular complexity index is 1620. The minimum absolute atomic E-state index is 0.0590. The Balaban J connectivity index is 1.78. The molecule has 4 aromatic carbocycles. The molecule has 0 fully saturated rings. The molecule has 224 valence electrons. The van der Waals surface area contributed by atoms with E-state index in [4.69, 9.17) is 0 Å². The van der Waals surface area contributed by atoms with Crippen LogP contribution in [0.1, 0.15) is 24.5 Å². The number of nitrogens with one attached hydrogen (secondary N) is 1. The second kappa shape index (κ2) is 15.3. The van der Waals surface area contributed by atoms with Crippen molar-refractivity contribution in [3.05, 3.63) is 129 Å². The average Bonchev–Trinajstić information content (AvgIpc) is 3.02. The first kappa shape index (κ1) is 32.4. The third-order valence-electron chi connectivity index (χ3n) is 6.79. The molecule has 0 aromatic heterocycles. The molecule has 0 spiro atoms. The summed E-state index contributed by atoms with van der Waals surface area (Å²) in [7, 11) is -4.14. The molecule has 7 nitrogen and oxygen atoms in total. The van der Waals surface area contributed by atoms with Crippen molar-refractivity contribution in [1.82, 2.24) is 10.2 Å². The number of carbonyl (C=O) groups excluding carboxylic acids is 2. The maximum absolute atomic E-state index is 14.4. The van der Waals surface area contributed by atoms with E-state index in [9.17, 15) is 18.0 Å². The standard InChI is InChI=1S/C33H33Br2N3O4S/c1-2-20-36-33(40)31(21-25-10-5-3-6-11-25)37(23-26-16-18-27(34)19-17-26)32(39)24-38(29-13-9-12-28(35)22-29)43(41,42)30-14-7-4-8-15-30/h3-19,22,31H,2,20-21,23-24H2,1H3,(H,36,40)/t31-/m1/s1. The van der Waals surface area contributed by atoms with Gasteiger partial charge in [0.1, 0.15) is 12.6 Å². The number of anilines is 1. The predicted octanol–water partition coefficient (Wildman–Crippen LogP) is 6.57. The van der Waals surface area contributed by atoms with Gasteiger partial charge in [-0.25, -0.2) is 8.42 Å². The van der Waals surface area contributed by atoms with Crippen molar-refractivity contribution < 1.29 is 18.0 Å². The summed E-state index contributed by atoms with van der Waals surface area (Å²) < 4.78 is 30.6. The van der Waals surface area contributed by atoms with E-state index in [0.717, 1.165) is 26.3 Å². The fourth-order valence-corrected chi connectivity index (χ4v) is 6.66. The lowest BCUT2D eigenvalue weighted by Crippen LogP contribution is -2.53. The van der Waals surface area contributed by atoms with Crippen molar-refractivity contribution in [3.63, 3.8) is 0 Å². The van der Waals surface area contributed by atoms with Gasteiger partial charge in [0.2, 0.25) is 11.8 Å². The first-order valence-electron chi connectivity index (χ1n) is 13.9. The number of rotatable bonds is 13. The van der Waals surface area contributed by atoms with Gasteiger partial charge in [0.05, 0.1) is 10.6 Å². The zero-order valence-corrected chi connectivity index (χ0v) is 27.7. The third kappa shape index (κ3) is 8.78. The van der Waals surface area contributed by atoms with Crippen LogP contribution in [0.4, 0.5) is 5.69 Å². The Morgan fingerprint density at radius 1 is 0.791 bits per heavy atom. The summed E-state index contributed by atoms with van der Waals surface area (Å²) in [5, 5.41) is 2.95. The number of hydrogen-bond acceptors (Lipinski definition) is 4. The molecule has 0 aliphatic heterocycles. The first-order valence-corrected chi connectivity index (χ1v) is 16.9. The highest BCUT2D eigenvalue weighted by molar-refractivity contribution is 9.10. The highest BCUT2D eigenvalue weighted by Gasteiger charge is 2.34. The first-order chi connectivity index (χ1) is 20.7. The number of benzene rings is 4. The summed E-state index contributed by atoms with van der Waals surface area (Å²) in [6.07, 6.45) is 0.997. The average molecular weight is 728 g/mol. The van der Waals surface area contributed by atoms with Crippen LogP contribution < -0.4 is 9.62 Å². The predicted molar refractivity (Wildman–Crippen MR) is 177 cm³/mol. The molecule has 0 saturated heterocycles. The van der Waals surface area contributed by atoms with Gasteiger partial charge in [-0.2, -0.15) is 0 Å². The lowest BCUT2D eigenvalue weighted by Gasteiger charge is -2.34. The molecule has 0 unspecified atom stereocenters. The molecule has 0 saturated carbocycles. The van der Waals surface area contributed by atoms with Gasteiger partial charge < -0.3 is 10.2 Å². The van der Waals surface area contributed by atoms with Crippen molar-refractivity contribution in [3.8, 4) is 0 Å². The van der Waals surface area contributed by atoms with Gasteiger partial charge in [-0.15, -0.1) is 0 Å². The monoisotopic (exact) mass is 725 g/mol. The Morgan fingerprint density at radius 2 is 1.44 bits per heavy atom. The van der Waals surface area contributed by atoms with Crippen molar-refractivity contribution in [2.45, 2.75) is 37.2 Å². The summed E-state index contributed by atoms with van der Waals surface area (Å²) >= 11 is 6.88. The van der Waals surface area contributed by atoms with E-state index in [1.807, 2.05) is 61.5 Å². The number of hydrogen-bond donors (Lipinski definition) is 1. The van der Waals surface area contributed by atoms with Gasteiger partial charge in [0.25, 0.3) is 10.0 Å². The van der Waals surface area contributed by atoms with Crippen LogP contribution in [0.2, 0.25) is 0 Å². The summed E-state index contributed by atoms with van der Waals surface area (Å²) in [5.41, 5.74) is 2.01. The molecule has 0 heterocycles. The van der Waals surface area contributed by atoms with Gasteiger partial charge >= 0.3 is 0 Å². The Morgan fingerprint density at radius 3 is 2.07 bits per heavy atom. The van der Waals surface area contributed by atoms with E-state index >= 15 is 0 Å². The van der Waals surface area contributed by atoms with Crippen LogP contribution in [0.5, 0.6) is 0 Å². The Hall–Kier alpha value is -3.47. The molecule has 4 rings (SSSR count). The molecule has 0 aliphatic rings. The maximum atomic E-state index is 14.4. The zero-order valence-electron chi connectivity index (χ0n) is 23.7. The fraction of sp³-hybridized carbons (Fsp3) is 0.212. The van der Waals surface area contributed by atoms with Crippen molar-refractivity contribution in [2.24, 2.45) is 0 Å². The van der Waals surface area contributed by atoms with E-state index in [1.54, 1.807) is 42.5 Å². The van der Waals surface area contributed by atoms with Crippen LogP contribution in [0.15, 0.2) is 123 Å². The molecule has 1 N–H and O–H groups in total. The van der Waals surface area contributed by atoms with E-state index in [2.05, 4.69) is 37.2 Å². The van der Waals surface area contributed by atoms with Crippen LogP contribution in [-0.4, -0.2) is 44.3 Å². The van der Waals surface area contributed by atoms with Crippen molar-refractivity contribution in [2.75, 3.05) is 17.4 Å². The molecular weight excluding hydrogens is 694 g/mol. The largest absolute Gasteiger partial charge is 0.354 e. The van der Waals surface area contributed by atoms with Crippen LogP contribution in [-0.2, 0) is 32.6 Å². The number of amides is 2. The smallest absolute Gasteiger partial charge is 0.264 e. The zero-order chi connectivity index (χ0) is 30.8. The second-order valence-electron chi connectivity index (χ2n) is 9.95. The third-order valence-corrected chi connectivity index (χ3v) is 9.60. The molecule has 0 aliphatic carbocycles. The van der Waals surface area contributed by atoms with Crippen LogP contribution >= 0.6 is 31.9 Å². The minimum Gasteiger partial charge on any atom is -0.354 e. The minimum atomic E-state index is -4.14. The van der Waals surface area contributed by atoms with E-state index in [1.165, 1.54) is 17.0 Å². The number of carbonyl (C=O) groups is 2. The molecular formula is C33H33Br2N3O4S. The van der Waals surface area contributed by atoms with E-state index in [0.29, 0.717) is 16.7 Å². The van der Waals surface area contributed by atoms with Crippen molar-refractivity contribution in [1.29, 1.82) is 0 Å². The van der Waals surface area contributed by atoms with Gasteiger partial charge in [-0.1, -0.05) is 106 Å². The lowest BCUT2D eigenvalue weighted by atomic mass is 10.0. The molecule has 1 atom stereocenters. The molecule has 0 bridgehead atoms. The van der Waals surface area contributed by atoms with E-state index < -0.39 is 28.5 Å². The Kier molecular flexibility index (Phi) is 11.6. The molecule has 0 radical (unpaired) electrons. The number of sulfonamides is 1. The van der Waals surface area contributed by atoms with Gasteiger partial charge in [0, 0.05) is 28.5 Å². The van der Waals surface area contributed by atoms with Crippen LogP contribution in [0.25, 0.3) is 0 Å². The summed E-state index contributed by atoms with van der Waals surface area (Å²) in [6.45, 7) is 2.02. The number of nitrogens with zero attached hydrogens (tertiary/aromatic N) is 2. The summed E-state index contributed by atoms with van der Waals surface area (Å²) in [5.74, 6) is -0.800.